The van der Waals surface area contributed by atoms with E-state index in [9.17, 15) is 4.79 Å². The van der Waals surface area contributed by atoms with Gasteiger partial charge in [-0.05, 0) is 79.6 Å². The lowest BCUT2D eigenvalue weighted by molar-refractivity contribution is 0.0135. The average molecular weight is 399 g/mol. The van der Waals surface area contributed by atoms with E-state index in [4.69, 9.17) is 9.47 Å². The van der Waals surface area contributed by atoms with Crippen molar-refractivity contribution in [3.63, 3.8) is 0 Å². The number of likely N-dealkylation sites (tertiary alicyclic amines) is 1. The van der Waals surface area contributed by atoms with E-state index in [0.29, 0.717) is 19.1 Å². The quantitative estimate of drug-likeness (QED) is 0.544. The highest BCUT2D eigenvalue weighted by molar-refractivity contribution is 9.10. The summed E-state index contributed by atoms with van der Waals surface area (Å²) in [4.78, 5) is 18.1. The largest absolute Gasteiger partial charge is 0.444 e. The van der Waals surface area contributed by atoms with E-state index in [2.05, 4.69) is 20.9 Å². The van der Waals surface area contributed by atoms with E-state index in [1.165, 1.54) is 0 Å². The number of piperidine rings is 1. The summed E-state index contributed by atoms with van der Waals surface area (Å²) in [6.07, 6.45) is 4.70. The molecule has 0 saturated carbocycles. The van der Waals surface area contributed by atoms with E-state index < -0.39 is 5.60 Å². The Balaban J connectivity index is 1.70. The van der Waals surface area contributed by atoms with Gasteiger partial charge in [-0.2, -0.15) is 0 Å². The molecule has 1 aromatic heterocycles. The zero-order valence-electron chi connectivity index (χ0n) is 14.8. The normalized spacial score (nSPS) is 18.5. The molecule has 1 atom stereocenters. The third kappa shape index (κ3) is 6.77. The highest BCUT2D eigenvalue weighted by Crippen LogP contribution is 2.22. The summed E-state index contributed by atoms with van der Waals surface area (Å²) in [5.41, 5.74) is 0.669. The number of carbonyl (C=O) groups is 1. The summed E-state index contributed by atoms with van der Waals surface area (Å²) in [5, 5.41) is 0. The van der Waals surface area contributed by atoms with Crippen molar-refractivity contribution >= 4 is 22.0 Å². The van der Waals surface area contributed by atoms with E-state index in [1.807, 2.05) is 37.8 Å². The van der Waals surface area contributed by atoms with Gasteiger partial charge < -0.3 is 14.4 Å². The second-order valence-electron chi connectivity index (χ2n) is 7.26. The molecule has 1 amide bonds. The van der Waals surface area contributed by atoms with Crippen LogP contribution in [0.3, 0.4) is 0 Å². The predicted octanol–water partition coefficient (Wildman–Crippen LogP) is 4.40. The minimum atomic E-state index is -0.439. The van der Waals surface area contributed by atoms with Gasteiger partial charge in [-0.1, -0.05) is 0 Å². The Morgan fingerprint density at radius 3 is 2.96 bits per heavy atom. The van der Waals surface area contributed by atoms with Crippen molar-refractivity contribution in [1.29, 1.82) is 0 Å². The fraction of sp³-hybridized carbons (Fsp3) is 0.667. The van der Waals surface area contributed by atoms with Crippen molar-refractivity contribution in [2.45, 2.75) is 52.2 Å². The third-order valence-electron chi connectivity index (χ3n) is 3.90. The fourth-order valence-corrected chi connectivity index (χ4v) is 3.18. The van der Waals surface area contributed by atoms with Crippen molar-refractivity contribution in [2.24, 2.45) is 5.92 Å². The number of nitrogens with zero attached hydrogens (tertiary/aromatic N) is 2. The van der Waals surface area contributed by atoms with Crippen molar-refractivity contribution in [3.05, 3.63) is 28.5 Å². The molecule has 0 N–H and O–H groups in total. The second-order valence-corrected chi connectivity index (χ2v) is 8.08. The molecule has 2 heterocycles. The van der Waals surface area contributed by atoms with Gasteiger partial charge in [0.1, 0.15) is 10.2 Å². The topological polar surface area (TPSA) is 51.7 Å². The first-order chi connectivity index (χ1) is 11.3. The van der Waals surface area contributed by atoms with Crippen LogP contribution in [0.25, 0.3) is 0 Å². The van der Waals surface area contributed by atoms with Crippen molar-refractivity contribution in [1.82, 2.24) is 9.88 Å². The van der Waals surface area contributed by atoms with Crippen LogP contribution in [0, 0.1) is 5.92 Å². The standard InChI is InChI=1S/C18H27BrN2O3/c1-18(2,3)24-17(22)21-9-4-5-14(12-21)7-10-23-13-15-6-8-20-16(19)11-15/h6,8,11,14H,4-5,7,9-10,12-13H2,1-3H3. The Morgan fingerprint density at radius 2 is 2.25 bits per heavy atom. The van der Waals surface area contributed by atoms with Crippen LogP contribution in [-0.2, 0) is 16.1 Å². The monoisotopic (exact) mass is 398 g/mol. The minimum absolute atomic E-state index is 0.199. The van der Waals surface area contributed by atoms with Gasteiger partial charge in [0.2, 0.25) is 0 Å². The van der Waals surface area contributed by atoms with Gasteiger partial charge in [0, 0.05) is 25.9 Å². The van der Waals surface area contributed by atoms with Crippen LogP contribution in [0.15, 0.2) is 22.9 Å². The molecule has 1 aliphatic rings. The number of hydrogen-bond acceptors (Lipinski definition) is 4. The van der Waals surface area contributed by atoms with Gasteiger partial charge in [-0.25, -0.2) is 9.78 Å². The molecule has 1 aliphatic heterocycles. The molecule has 1 saturated heterocycles. The highest BCUT2D eigenvalue weighted by Gasteiger charge is 2.27. The number of aromatic nitrogens is 1. The third-order valence-corrected chi connectivity index (χ3v) is 4.33. The molecule has 24 heavy (non-hydrogen) atoms. The molecule has 0 spiro atoms. The van der Waals surface area contributed by atoms with Crippen molar-refractivity contribution < 1.29 is 14.3 Å². The van der Waals surface area contributed by atoms with Crippen LogP contribution >= 0.6 is 15.9 Å². The van der Waals surface area contributed by atoms with Gasteiger partial charge in [-0.3, -0.25) is 0 Å². The molecule has 0 aromatic carbocycles. The minimum Gasteiger partial charge on any atom is -0.444 e. The number of amides is 1. The molecule has 1 fully saturated rings. The van der Waals surface area contributed by atoms with Crippen LogP contribution < -0.4 is 0 Å². The van der Waals surface area contributed by atoms with Crippen LogP contribution in [0.2, 0.25) is 0 Å². The lowest BCUT2D eigenvalue weighted by atomic mass is 9.95. The second kappa shape index (κ2) is 8.81. The first kappa shape index (κ1) is 19.2. The first-order valence-corrected chi connectivity index (χ1v) is 9.29. The molecule has 134 valence electrons. The number of ether oxygens (including phenoxy) is 2. The smallest absolute Gasteiger partial charge is 0.410 e. The summed E-state index contributed by atoms with van der Waals surface area (Å²) in [6, 6.07) is 3.92. The van der Waals surface area contributed by atoms with Gasteiger partial charge in [0.15, 0.2) is 0 Å². The molecule has 0 aliphatic carbocycles. The zero-order chi connectivity index (χ0) is 17.6. The number of rotatable bonds is 5. The van der Waals surface area contributed by atoms with Crippen LogP contribution in [0.5, 0.6) is 0 Å². The summed E-state index contributed by atoms with van der Waals surface area (Å²) >= 11 is 3.36. The Bertz CT molecular complexity index is 545. The number of hydrogen-bond donors (Lipinski definition) is 0. The van der Waals surface area contributed by atoms with E-state index in [1.54, 1.807) is 6.20 Å². The number of carbonyl (C=O) groups excluding carboxylic acids is 1. The van der Waals surface area contributed by atoms with Crippen LogP contribution in [0.1, 0.15) is 45.6 Å². The average Bonchev–Trinajstić information content (AvgIpc) is 2.50. The first-order valence-electron chi connectivity index (χ1n) is 8.49. The highest BCUT2D eigenvalue weighted by atomic mass is 79.9. The molecule has 1 aromatic rings. The van der Waals surface area contributed by atoms with E-state index >= 15 is 0 Å². The Labute approximate surface area is 152 Å². The van der Waals surface area contributed by atoms with Gasteiger partial charge in [0.05, 0.1) is 6.61 Å². The number of pyridine rings is 1. The lowest BCUT2D eigenvalue weighted by Crippen LogP contribution is -2.43. The Morgan fingerprint density at radius 1 is 1.46 bits per heavy atom. The lowest BCUT2D eigenvalue weighted by Gasteiger charge is -2.34. The Kier molecular flexibility index (Phi) is 7.04. The van der Waals surface area contributed by atoms with Crippen molar-refractivity contribution in [3.8, 4) is 0 Å². The predicted molar refractivity (Wildman–Crippen MR) is 96.7 cm³/mol. The zero-order valence-corrected chi connectivity index (χ0v) is 16.3. The van der Waals surface area contributed by atoms with Crippen LogP contribution in [-0.4, -0.2) is 41.3 Å². The van der Waals surface area contributed by atoms with Gasteiger partial charge in [-0.15, -0.1) is 0 Å². The molecule has 0 bridgehead atoms. The molecule has 0 radical (unpaired) electrons. The van der Waals surface area contributed by atoms with Crippen LogP contribution in [0.4, 0.5) is 4.79 Å². The fourth-order valence-electron chi connectivity index (χ4n) is 2.77. The molecular weight excluding hydrogens is 372 g/mol. The summed E-state index contributed by atoms with van der Waals surface area (Å²) in [7, 11) is 0. The van der Waals surface area contributed by atoms with Gasteiger partial charge >= 0.3 is 6.09 Å². The maximum Gasteiger partial charge on any atom is 0.410 e. The molecule has 5 nitrogen and oxygen atoms in total. The molecule has 2 rings (SSSR count). The number of halogens is 1. The maximum absolute atomic E-state index is 12.2. The summed E-state index contributed by atoms with van der Waals surface area (Å²) in [6.45, 7) is 8.54. The summed E-state index contributed by atoms with van der Waals surface area (Å²) in [5.74, 6) is 0.482. The van der Waals surface area contributed by atoms with E-state index in [-0.39, 0.29) is 6.09 Å². The Hall–Kier alpha value is -1.14. The molecular formula is C18H27BrN2O3. The summed E-state index contributed by atoms with van der Waals surface area (Å²) < 4.78 is 12.1. The molecule has 1 unspecified atom stereocenters. The van der Waals surface area contributed by atoms with Crippen molar-refractivity contribution in [2.75, 3.05) is 19.7 Å². The maximum atomic E-state index is 12.2. The SMILES string of the molecule is CC(C)(C)OC(=O)N1CCCC(CCOCc2ccnc(Br)c2)C1. The molecule has 6 heteroatoms. The van der Waals surface area contributed by atoms with E-state index in [0.717, 1.165) is 42.5 Å². The van der Waals surface area contributed by atoms with Gasteiger partial charge in [0.25, 0.3) is 0 Å².